The van der Waals surface area contributed by atoms with Crippen molar-refractivity contribution >= 4 is 89.8 Å². The Labute approximate surface area is 762 Å². The Morgan fingerprint density at radius 1 is 0.557 bits per heavy atom. The number of anilines is 3. The minimum Gasteiger partial charge on any atom is -0.744 e. The number of esters is 1. The highest BCUT2D eigenvalue weighted by molar-refractivity contribution is 7.86. The fraction of sp³-hybridized carbons (Fsp3) is 0.534. The first-order chi connectivity index (χ1) is 63.2. The van der Waals surface area contributed by atoms with Gasteiger partial charge in [0.1, 0.15) is 44.1 Å². The summed E-state index contributed by atoms with van der Waals surface area (Å²) in [5.74, 6) is -0.890. The Kier molecular flexibility index (Phi) is 43.7. The number of hydrogen-bond acceptors (Lipinski definition) is 33. The number of carbonyl (C=O) groups is 5. The molecule has 5 amide bonds. The number of amides is 5. The summed E-state index contributed by atoms with van der Waals surface area (Å²) in [6.45, 7) is 20.3. The normalized spacial score (nSPS) is 14.0. The topological polar surface area (TPSA) is 533 Å². The van der Waals surface area contributed by atoms with Gasteiger partial charge in [-0.15, -0.1) is 5.10 Å². The number of rotatable bonds is 66. The number of aromatic nitrogens is 7. The number of unbranched alkanes of at least 4 members (excludes halogenated alkanes) is 1. The summed E-state index contributed by atoms with van der Waals surface area (Å²) in [4.78, 5) is 81.2. The maximum atomic E-state index is 13.7. The van der Waals surface area contributed by atoms with E-state index in [0.29, 0.717) is 233 Å². The average molecular weight is 1870 g/mol. The number of fused-ring (bicyclic) bond motifs is 3. The summed E-state index contributed by atoms with van der Waals surface area (Å²) in [5.41, 5.74) is 18.0. The lowest BCUT2D eigenvalue weighted by atomic mass is 9.81. The maximum absolute atomic E-state index is 13.7. The molecule has 7 aromatic rings. The Morgan fingerprint density at radius 3 is 1.63 bits per heavy atom. The van der Waals surface area contributed by atoms with Crippen LogP contribution in [0, 0.1) is 0 Å². The summed E-state index contributed by atoms with van der Waals surface area (Å²) in [6, 6.07) is 21.5. The number of nitrogens with two attached hydrogens (primary N) is 2. The van der Waals surface area contributed by atoms with E-state index in [-0.39, 0.29) is 109 Å². The highest BCUT2D eigenvalue weighted by Crippen LogP contribution is 2.49. The zero-order chi connectivity index (χ0) is 93.7. The molecule has 0 saturated heterocycles. The Bertz CT molecular complexity index is 5080. The number of nitrogen functional groups attached to an aromatic ring is 2. The van der Waals surface area contributed by atoms with E-state index >= 15 is 0 Å². The molecule has 43 heteroatoms. The van der Waals surface area contributed by atoms with Crippen LogP contribution in [0.4, 0.5) is 27.8 Å². The van der Waals surface area contributed by atoms with Crippen molar-refractivity contribution in [2.24, 2.45) is 0 Å². The smallest absolute Gasteiger partial charge is 0.328 e. The van der Waals surface area contributed by atoms with Crippen molar-refractivity contribution in [2.75, 3.05) is 201 Å². The van der Waals surface area contributed by atoms with Crippen LogP contribution in [0.5, 0.6) is 5.88 Å². The quantitative estimate of drug-likeness (QED) is 0.00832. The number of allylic oxidation sites excluding steroid dienone is 4. The molecule has 131 heavy (non-hydrogen) atoms. The van der Waals surface area contributed by atoms with Gasteiger partial charge in [0.05, 0.1) is 206 Å². The van der Waals surface area contributed by atoms with Gasteiger partial charge < -0.3 is 123 Å². The fourth-order valence-electron chi connectivity index (χ4n) is 13.9. The van der Waals surface area contributed by atoms with Gasteiger partial charge in [-0.25, -0.2) is 31.4 Å². The van der Waals surface area contributed by atoms with Crippen molar-refractivity contribution < 1.29 is 121 Å². The molecule has 2 aliphatic rings. The summed E-state index contributed by atoms with van der Waals surface area (Å²) in [7, 11) is -9.72. The number of nitrogens with zero attached hydrogens (tertiary/aromatic N) is 8. The molecule has 4 aromatic carbocycles. The maximum Gasteiger partial charge on any atom is 0.328 e. The second-order valence-electron chi connectivity index (χ2n) is 31.1. The molecule has 0 spiro atoms. The van der Waals surface area contributed by atoms with Gasteiger partial charge in [-0.3, -0.25) is 19.1 Å². The molecule has 3 aromatic heterocycles. The minimum atomic E-state index is -4.86. The van der Waals surface area contributed by atoms with E-state index in [4.69, 9.17) is 77.8 Å². The van der Waals surface area contributed by atoms with Crippen LogP contribution in [0.2, 0.25) is 0 Å². The number of H-pyrrole nitrogens is 1. The van der Waals surface area contributed by atoms with E-state index in [2.05, 4.69) is 56.8 Å². The number of ether oxygens (including phenoxy) is 14. The molecule has 10 N–H and O–H groups in total. The number of benzene rings is 4. The van der Waals surface area contributed by atoms with Crippen molar-refractivity contribution in [3.05, 3.63) is 155 Å². The second-order valence-corrected chi connectivity index (χ2v) is 33.8. The van der Waals surface area contributed by atoms with Crippen LogP contribution >= 0.6 is 0 Å². The van der Waals surface area contributed by atoms with E-state index in [1.54, 1.807) is 54.2 Å². The van der Waals surface area contributed by atoms with E-state index in [9.17, 15) is 49.9 Å². The zero-order valence-electron chi connectivity index (χ0n) is 74.9. The standard InChI is InChI=1S/C88H124N16O25S2/c1-6-128-84(108)73(97-86(109)94-59-65-17-19-67(89)20-18-65)10-7-8-29-102-61-68(100-101-102)60-93-79(106)26-31-104-75-24-22-70(131(113,114)115)57-72(75)88(4,5)77(104)12-9-11-76-87(2,3)71-56-69(130(110,111)112)21-23-74(71)103(76)30-25-78(105)91-28-33-117-35-37-119-39-41-121-43-45-123-47-49-125-51-53-127-55-54-126-52-50-124-48-46-122-44-42-120-40-38-118-36-34-116-32-27-80(107)92-58-64-13-15-66(16-14-64)62-129-83-81-82(96-63-95-81)98-85(90)99-83/h9,11-24,56-57,61,63,73H,6-8,10,25-55,58-60,62,89H2,1-5H3,(H9-,90,91,92,93,94,95,96,97,98,99,100,101,105,106,107,109,110,111,112,113,114,115)/p-1/t73-/m0/s1. The molecule has 9 rings (SSSR count). The van der Waals surface area contributed by atoms with E-state index < -0.39 is 58.9 Å². The molecule has 1 atom stereocenters. The van der Waals surface area contributed by atoms with Crippen LogP contribution in [0.1, 0.15) is 107 Å². The van der Waals surface area contributed by atoms with Gasteiger partial charge in [0.25, 0.3) is 0 Å². The number of carbonyl (C=O) groups excluding carboxylic acids is 5. The third kappa shape index (κ3) is 35.8. The number of hydrogen-bond donors (Lipinski definition) is 8. The molecular weight excluding hydrogens is 1750 g/mol. The lowest BCUT2D eigenvalue weighted by Crippen LogP contribution is -2.46. The number of imidazole rings is 1. The molecule has 718 valence electrons. The van der Waals surface area contributed by atoms with E-state index in [1.165, 1.54) is 36.7 Å². The number of aromatic amines is 1. The summed E-state index contributed by atoms with van der Waals surface area (Å²) < 4.78 is 156. The highest BCUT2D eigenvalue weighted by Gasteiger charge is 2.46. The first-order valence-electron chi connectivity index (χ1n) is 43.5. The molecule has 41 nitrogen and oxygen atoms in total. The Hall–Kier alpha value is -10.6. The van der Waals surface area contributed by atoms with Crippen molar-refractivity contribution in [1.82, 2.24) is 61.5 Å². The lowest BCUT2D eigenvalue weighted by Gasteiger charge is -2.27. The SMILES string of the molecule is CCOC(=O)[C@H](CCCCn1cc(CNC(=O)CC[N+]2=C(/C=C/C=C3/N(CCC(=O)NCCOCCOCCOCCOCCOCCOCCOCCOCCOCCOCCOCCOCCC(=O)NCc4ccc(COc5nc(N)nc6nc[nH]c56)cc4)c4ccc(S(=O)(=O)[O-])cc4C3(C)C)C(C)(C)c3cc(S(=O)(=O)[O-])ccc32)nn1)NC(=O)NCc1ccc(N)cc1. The zero-order valence-corrected chi connectivity index (χ0v) is 76.5. The van der Waals surface area contributed by atoms with Gasteiger partial charge in [0.15, 0.2) is 17.9 Å². The molecule has 0 saturated carbocycles. The van der Waals surface area contributed by atoms with Crippen LogP contribution in [0.15, 0.2) is 131 Å². The van der Waals surface area contributed by atoms with Crippen LogP contribution in [-0.4, -0.2) is 292 Å². The predicted molar refractivity (Wildman–Crippen MR) is 477 cm³/mol. The first kappa shape index (κ1) is 104. The van der Waals surface area contributed by atoms with Crippen molar-refractivity contribution in [3.8, 4) is 5.88 Å². The number of nitrogens with one attached hydrogen (secondary N) is 6. The van der Waals surface area contributed by atoms with Crippen molar-refractivity contribution in [2.45, 2.75) is 133 Å². The molecule has 0 aliphatic carbocycles. The Morgan fingerprint density at radius 2 is 1.06 bits per heavy atom. The highest BCUT2D eigenvalue weighted by atomic mass is 32.2. The Balaban J connectivity index is 0.558. The summed E-state index contributed by atoms with van der Waals surface area (Å²) in [6.07, 6.45) is 10.2. The lowest BCUT2D eigenvalue weighted by molar-refractivity contribution is -0.436. The van der Waals surface area contributed by atoms with Crippen molar-refractivity contribution in [3.63, 3.8) is 0 Å². The van der Waals surface area contributed by atoms with Gasteiger partial charge in [-0.2, -0.15) is 14.5 Å². The van der Waals surface area contributed by atoms with E-state index in [0.717, 1.165) is 16.7 Å². The van der Waals surface area contributed by atoms with Gasteiger partial charge in [-0.05, 0) is 111 Å². The monoisotopic (exact) mass is 1870 g/mol. The number of aryl methyl sites for hydroxylation is 1. The molecule has 0 unspecified atom stereocenters. The van der Waals surface area contributed by atoms with Crippen molar-refractivity contribution in [1.29, 1.82) is 0 Å². The van der Waals surface area contributed by atoms with Gasteiger partial charge in [0.2, 0.25) is 35.2 Å². The fourth-order valence-corrected chi connectivity index (χ4v) is 14.9. The molecule has 0 radical (unpaired) electrons. The third-order valence-electron chi connectivity index (χ3n) is 20.7. The molecular formula is C88H123N16O25S2-. The van der Waals surface area contributed by atoms with Gasteiger partial charge in [-0.1, -0.05) is 61.5 Å². The molecule has 5 heterocycles. The largest absolute Gasteiger partial charge is 0.744 e. The minimum absolute atomic E-state index is 0.0103. The molecule has 2 aliphatic heterocycles. The van der Waals surface area contributed by atoms with Crippen LogP contribution in [0.3, 0.4) is 0 Å². The summed E-state index contributed by atoms with van der Waals surface area (Å²) in [5, 5.41) is 22.6. The third-order valence-corrected chi connectivity index (χ3v) is 22.4. The molecule has 0 fully saturated rings. The second kappa shape index (κ2) is 55.0. The first-order valence-corrected chi connectivity index (χ1v) is 46.4. The van der Waals surface area contributed by atoms with Gasteiger partial charge >= 0.3 is 12.0 Å². The van der Waals surface area contributed by atoms with Crippen LogP contribution in [0.25, 0.3) is 11.2 Å². The van der Waals surface area contributed by atoms with Gasteiger partial charge in [0, 0.05) is 85.8 Å². The number of urea groups is 1. The van der Waals surface area contributed by atoms with Crippen LogP contribution in [-0.2, 0) is 145 Å². The summed E-state index contributed by atoms with van der Waals surface area (Å²) >= 11 is 0. The van der Waals surface area contributed by atoms with E-state index in [1.807, 2.05) is 73.6 Å². The predicted octanol–water partition coefficient (Wildman–Crippen LogP) is 4.83. The average Bonchev–Trinajstić information content (AvgIpc) is 1.59. The van der Waals surface area contributed by atoms with Crippen LogP contribution < -0.4 is 47.7 Å². The molecule has 0 bridgehead atoms.